The molecule has 0 N–H and O–H groups in total. The molecule has 0 bridgehead atoms. The molecule has 1 aliphatic rings. The summed E-state index contributed by atoms with van der Waals surface area (Å²) < 4.78 is 29.1. The van der Waals surface area contributed by atoms with E-state index in [-0.39, 0.29) is 12.1 Å². The Labute approximate surface area is 90.6 Å². The summed E-state index contributed by atoms with van der Waals surface area (Å²) >= 11 is 0. The first-order chi connectivity index (χ1) is 6.93. The SMILES string of the molecule is CC(C)C1C(OC(F)F)CCN1C(C)C. The molecule has 0 aromatic carbocycles. The van der Waals surface area contributed by atoms with Crippen molar-refractivity contribution < 1.29 is 13.5 Å². The van der Waals surface area contributed by atoms with E-state index in [1.807, 2.05) is 0 Å². The van der Waals surface area contributed by atoms with Crippen LogP contribution in [-0.4, -0.2) is 36.2 Å². The maximum atomic E-state index is 12.2. The Hall–Kier alpha value is -0.220. The Kier molecular flexibility index (Phi) is 4.46. The van der Waals surface area contributed by atoms with Gasteiger partial charge in [-0.2, -0.15) is 8.78 Å². The third-order valence-corrected chi connectivity index (χ3v) is 3.06. The molecule has 15 heavy (non-hydrogen) atoms. The molecule has 90 valence electrons. The lowest BCUT2D eigenvalue weighted by Crippen LogP contribution is -2.44. The lowest BCUT2D eigenvalue weighted by molar-refractivity contribution is -0.172. The van der Waals surface area contributed by atoms with E-state index in [2.05, 4.69) is 32.6 Å². The second-order valence-corrected chi connectivity index (χ2v) is 4.79. The number of hydrogen-bond acceptors (Lipinski definition) is 2. The highest BCUT2D eigenvalue weighted by Gasteiger charge is 2.39. The van der Waals surface area contributed by atoms with Gasteiger partial charge in [-0.3, -0.25) is 4.90 Å². The van der Waals surface area contributed by atoms with Gasteiger partial charge in [-0.15, -0.1) is 0 Å². The average Bonchev–Trinajstić information content (AvgIpc) is 2.46. The van der Waals surface area contributed by atoms with E-state index < -0.39 is 6.61 Å². The number of nitrogens with zero attached hydrogens (tertiary/aromatic N) is 1. The second-order valence-electron chi connectivity index (χ2n) is 4.79. The van der Waals surface area contributed by atoms with Gasteiger partial charge >= 0.3 is 6.61 Å². The minimum atomic E-state index is -2.65. The molecular formula is C11H21F2NO. The molecule has 0 spiro atoms. The minimum absolute atomic E-state index is 0.124. The Balaban J connectivity index is 2.66. The van der Waals surface area contributed by atoms with Crippen LogP contribution in [0.2, 0.25) is 0 Å². The highest BCUT2D eigenvalue weighted by Crippen LogP contribution is 2.29. The molecule has 0 aromatic heterocycles. The standard InChI is InChI=1S/C11H21F2NO/c1-7(2)10-9(15-11(12)13)5-6-14(10)8(3)4/h7-11H,5-6H2,1-4H3. The van der Waals surface area contributed by atoms with Gasteiger partial charge in [0.25, 0.3) is 0 Å². The summed E-state index contributed by atoms with van der Waals surface area (Å²) in [6.45, 7) is 6.53. The zero-order chi connectivity index (χ0) is 11.6. The van der Waals surface area contributed by atoms with Gasteiger partial charge in [0.05, 0.1) is 6.10 Å². The molecule has 1 heterocycles. The first-order valence-corrected chi connectivity index (χ1v) is 5.62. The zero-order valence-electron chi connectivity index (χ0n) is 9.91. The molecule has 0 radical (unpaired) electrons. The highest BCUT2D eigenvalue weighted by atomic mass is 19.3. The fourth-order valence-corrected chi connectivity index (χ4v) is 2.51. The Morgan fingerprint density at radius 2 is 1.80 bits per heavy atom. The molecule has 0 amide bonds. The summed E-state index contributed by atoms with van der Waals surface area (Å²) in [7, 11) is 0. The third kappa shape index (κ3) is 3.11. The highest BCUT2D eigenvalue weighted by molar-refractivity contribution is 4.91. The molecule has 4 heteroatoms. The molecule has 2 atom stereocenters. The maximum absolute atomic E-state index is 12.2. The zero-order valence-corrected chi connectivity index (χ0v) is 9.91. The molecule has 0 saturated carbocycles. The number of rotatable bonds is 4. The monoisotopic (exact) mass is 221 g/mol. The Bertz CT molecular complexity index is 197. The summed E-state index contributed by atoms with van der Waals surface area (Å²) in [5.74, 6) is 0.346. The quantitative estimate of drug-likeness (QED) is 0.723. The fourth-order valence-electron chi connectivity index (χ4n) is 2.51. The van der Waals surface area contributed by atoms with Crippen LogP contribution in [0.25, 0.3) is 0 Å². The van der Waals surface area contributed by atoms with E-state index in [1.165, 1.54) is 0 Å². The van der Waals surface area contributed by atoms with Crippen molar-refractivity contribution in [2.75, 3.05) is 6.54 Å². The summed E-state index contributed by atoms with van der Waals surface area (Å²) in [4.78, 5) is 2.26. The first-order valence-electron chi connectivity index (χ1n) is 5.62. The predicted octanol–water partition coefficient (Wildman–Crippen LogP) is 2.73. The van der Waals surface area contributed by atoms with Crippen LogP contribution in [-0.2, 0) is 4.74 Å². The van der Waals surface area contributed by atoms with Crippen LogP contribution < -0.4 is 0 Å². The van der Waals surface area contributed by atoms with Crippen LogP contribution in [0.1, 0.15) is 34.1 Å². The number of hydrogen-bond donors (Lipinski definition) is 0. The van der Waals surface area contributed by atoms with Gasteiger partial charge in [0.2, 0.25) is 0 Å². The molecule has 1 aliphatic heterocycles. The van der Waals surface area contributed by atoms with Crippen molar-refractivity contribution in [3.63, 3.8) is 0 Å². The van der Waals surface area contributed by atoms with Crippen LogP contribution in [0.3, 0.4) is 0 Å². The van der Waals surface area contributed by atoms with Gasteiger partial charge in [-0.25, -0.2) is 0 Å². The molecule has 1 rings (SSSR count). The van der Waals surface area contributed by atoms with Gasteiger partial charge in [-0.05, 0) is 26.2 Å². The van der Waals surface area contributed by atoms with Gasteiger partial charge < -0.3 is 4.74 Å². The lowest BCUT2D eigenvalue weighted by atomic mass is 9.98. The summed E-state index contributed by atoms with van der Waals surface area (Å²) in [5.41, 5.74) is 0. The number of ether oxygens (including phenoxy) is 1. The number of likely N-dealkylation sites (tertiary alicyclic amines) is 1. The van der Waals surface area contributed by atoms with Crippen LogP contribution in [0.5, 0.6) is 0 Å². The maximum Gasteiger partial charge on any atom is 0.345 e. The van der Waals surface area contributed by atoms with Crippen LogP contribution >= 0.6 is 0 Å². The van der Waals surface area contributed by atoms with Crippen LogP contribution in [0.15, 0.2) is 0 Å². The average molecular weight is 221 g/mol. The fraction of sp³-hybridized carbons (Fsp3) is 1.00. The molecule has 0 aromatic rings. The normalized spacial score (nSPS) is 28.6. The second kappa shape index (κ2) is 5.21. The minimum Gasteiger partial charge on any atom is -0.318 e. The first kappa shape index (κ1) is 12.8. The van der Waals surface area contributed by atoms with E-state index in [9.17, 15) is 8.78 Å². The molecule has 2 unspecified atom stereocenters. The summed E-state index contributed by atoms with van der Waals surface area (Å²) in [6.07, 6.45) is 0.401. The van der Waals surface area contributed by atoms with Crippen molar-refractivity contribution in [1.82, 2.24) is 4.90 Å². The topological polar surface area (TPSA) is 12.5 Å². The van der Waals surface area contributed by atoms with Gasteiger partial charge in [0.15, 0.2) is 0 Å². The van der Waals surface area contributed by atoms with Crippen LogP contribution in [0, 0.1) is 5.92 Å². The smallest absolute Gasteiger partial charge is 0.318 e. The molecule has 0 aliphatic carbocycles. The third-order valence-electron chi connectivity index (χ3n) is 3.06. The van der Waals surface area contributed by atoms with Crippen molar-refractivity contribution >= 4 is 0 Å². The Morgan fingerprint density at radius 1 is 1.20 bits per heavy atom. The molecule has 2 nitrogen and oxygen atoms in total. The number of halogens is 2. The van der Waals surface area contributed by atoms with E-state index in [0.29, 0.717) is 18.4 Å². The van der Waals surface area contributed by atoms with Gasteiger partial charge in [0.1, 0.15) is 0 Å². The van der Waals surface area contributed by atoms with Crippen molar-refractivity contribution in [3.8, 4) is 0 Å². The van der Waals surface area contributed by atoms with Crippen molar-refractivity contribution in [2.24, 2.45) is 5.92 Å². The largest absolute Gasteiger partial charge is 0.345 e. The van der Waals surface area contributed by atoms with E-state index in [1.54, 1.807) is 0 Å². The summed E-state index contributed by atoms with van der Waals surface area (Å²) in [6, 6.07) is 0.516. The van der Waals surface area contributed by atoms with Crippen molar-refractivity contribution in [3.05, 3.63) is 0 Å². The van der Waals surface area contributed by atoms with Gasteiger partial charge in [0, 0.05) is 18.6 Å². The molecular weight excluding hydrogens is 200 g/mol. The Morgan fingerprint density at radius 3 is 2.20 bits per heavy atom. The molecule has 1 fully saturated rings. The van der Waals surface area contributed by atoms with Crippen molar-refractivity contribution in [2.45, 2.75) is 58.9 Å². The summed E-state index contributed by atoms with van der Waals surface area (Å²) in [5, 5.41) is 0. The molecule has 1 saturated heterocycles. The lowest BCUT2D eigenvalue weighted by Gasteiger charge is -2.33. The number of alkyl halides is 2. The van der Waals surface area contributed by atoms with Crippen LogP contribution in [0.4, 0.5) is 8.78 Å². The van der Waals surface area contributed by atoms with E-state index in [4.69, 9.17) is 4.74 Å². The van der Waals surface area contributed by atoms with E-state index >= 15 is 0 Å². The van der Waals surface area contributed by atoms with E-state index in [0.717, 1.165) is 6.54 Å². The predicted molar refractivity (Wildman–Crippen MR) is 56.0 cm³/mol. The van der Waals surface area contributed by atoms with Gasteiger partial charge in [-0.1, -0.05) is 13.8 Å². The van der Waals surface area contributed by atoms with Crippen molar-refractivity contribution in [1.29, 1.82) is 0 Å².